The van der Waals surface area contributed by atoms with E-state index >= 15 is 0 Å². The average molecular weight is 167 g/mol. The van der Waals surface area contributed by atoms with E-state index in [0.717, 1.165) is 11.8 Å². The van der Waals surface area contributed by atoms with Gasteiger partial charge in [0.2, 0.25) is 0 Å². The molecule has 0 spiro atoms. The Balaban J connectivity index is 1.90. The molecule has 1 nitrogen and oxygen atoms in total. The Morgan fingerprint density at radius 2 is 2.00 bits per heavy atom. The van der Waals surface area contributed by atoms with Crippen LogP contribution in [-0.4, -0.2) is 5.54 Å². The van der Waals surface area contributed by atoms with E-state index in [-0.39, 0.29) is 5.54 Å². The van der Waals surface area contributed by atoms with Gasteiger partial charge in [-0.15, -0.1) is 0 Å². The fraction of sp³-hybridized carbons (Fsp3) is 1.00. The lowest BCUT2D eigenvalue weighted by molar-refractivity contribution is 0.196. The van der Waals surface area contributed by atoms with Crippen molar-refractivity contribution in [3.8, 4) is 0 Å². The molecule has 0 bridgehead atoms. The molecule has 2 rings (SSSR count). The molecular weight excluding hydrogens is 146 g/mol. The summed E-state index contributed by atoms with van der Waals surface area (Å²) < 4.78 is 0. The summed E-state index contributed by atoms with van der Waals surface area (Å²) in [6, 6.07) is 0. The number of hydrogen-bond acceptors (Lipinski definition) is 1. The predicted molar refractivity (Wildman–Crippen MR) is 51.9 cm³/mol. The van der Waals surface area contributed by atoms with E-state index in [9.17, 15) is 0 Å². The summed E-state index contributed by atoms with van der Waals surface area (Å²) in [6.45, 7) is 2.34. The Morgan fingerprint density at radius 1 is 1.25 bits per heavy atom. The van der Waals surface area contributed by atoms with E-state index < -0.39 is 0 Å². The van der Waals surface area contributed by atoms with E-state index in [4.69, 9.17) is 5.73 Å². The van der Waals surface area contributed by atoms with Crippen molar-refractivity contribution >= 4 is 0 Å². The Morgan fingerprint density at radius 3 is 2.42 bits per heavy atom. The molecule has 0 saturated heterocycles. The highest BCUT2D eigenvalue weighted by Gasteiger charge is 2.39. The van der Waals surface area contributed by atoms with Crippen molar-refractivity contribution in [1.29, 1.82) is 0 Å². The van der Waals surface area contributed by atoms with Gasteiger partial charge in [0, 0.05) is 5.54 Å². The van der Waals surface area contributed by atoms with Crippen LogP contribution in [0.4, 0.5) is 0 Å². The fourth-order valence-corrected chi connectivity index (χ4v) is 2.81. The molecular formula is C11H21N. The third-order valence-electron chi connectivity index (χ3n) is 4.15. The first kappa shape index (κ1) is 8.55. The Labute approximate surface area is 75.7 Å². The Kier molecular flexibility index (Phi) is 2.16. The van der Waals surface area contributed by atoms with Gasteiger partial charge in [-0.25, -0.2) is 0 Å². The highest BCUT2D eigenvalue weighted by molar-refractivity contribution is 4.96. The molecule has 12 heavy (non-hydrogen) atoms. The largest absolute Gasteiger partial charge is 0.325 e. The first-order valence-electron chi connectivity index (χ1n) is 5.49. The predicted octanol–water partition coefficient (Wildman–Crippen LogP) is 2.69. The van der Waals surface area contributed by atoms with Crippen molar-refractivity contribution in [2.75, 3.05) is 0 Å². The van der Waals surface area contributed by atoms with Gasteiger partial charge in [0.05, 0.1) is 0 Å². The Bertz CT molecular complexity index is 162. The topological polar surface area (TPSA) is 26.0 Å². The van der Waals surface area contributed by atoms with Crippen molar-refractivity contribution in [3.05, 3.63) is 0 Å². The highest BCUT2D eigenvalue weighted by atomic mass is 14.8. The van der Waals surface area contributed by atoms with Crippen LogP contribution in [0, 0.1) is 11.8 Å². The van der Waals surface area contributed by atoms with E-state index in [0.29, 0.717) is 0 Å². The fourth-order valence-electron chi connectivity index (χ4n) is 2.81. The Hall–Kier alpha value is -0.0400. The van der Waals surface area contributed by atoms with Gasteiger partial charge in [0.1, 0.15) is 0 Å². The maximum atomic E-state index is 6.41. The zero-order valence-corrected chi connectivity index (χ0v) is 8.18. The third kappa shape index (κ3) is 1.39. The SMILES string of the molecule is CC1CCCC1(N)CC1CCC1. The van der Waals surface area contributed by atoms with Crippen LogP contribution in [0.25, 0.3) is 0 Å². The molecule has 0 aromatic heterocycles. The standard InChI is InChI=1S/C11H21N/c1-9-4-3-7-11(9,12)8-10-5-2-6-10/h9-10H,2-8,12H2,1H3. The van der Waals surface area contributed by atoms with E-state index in [1.54, 1.807) is 0 Å². The lowest BCUT2D eigenvalue weighted by Gasteiger charge is -2.37. The molecule has 2 aliphatic rings. The molecule has 0 aliphatic heterocycles. The molecule has 2 fully saturated rings. The van der Waals surface area contributed by atoms with Crippen LogP contribution in [0.2, 0.25) is 0 Å². The second-order valence-electron chi connectivity index (χ2n) is 5.03. The van der Waals surface area contributed by atoms with Crippen molar-refractivity contribution in [3.63, 3.8) is 0 Å². The normalized spacial score (nSPS) is 43.0. The number of nitrogens with two attached hydrogens (primary N) is 1. The maximum Gasteiger partial charge on any atom is 0.0182 e. The van der Waals surface area contributed by atoms with Gasteiger partial charge in [-0.1, -0.05) is 32.6 Å². The minimum absolute atomic E-state index is 0.227. The maximum absolute atomic E-state index is 6.41. The molecule has 2 saturated carbocycles. The smallest absolute Gasteiger partial charge is 0.0182 e. The third-order valence-corrected chi connectivity index (χ3v) is 4.15. The molecule has 0 radical (unpaired) electrons. The van der Waals surface area contributed by atoms with Gasteiger partial charge in [0.15, 0.2) is 0 Å². The van der Waals surface area contributed by atoms with Crippen LogP contribution >= 0.6 is 0 Å². The molecule has 2 atom stereocenters. The van der Waals surface area contributed by atoms with Gasteiger partial charge < -0.3 is 5.73 Å². The zero-order chi connectivity index (χ0) is 8.60. The first-order valence-corrected chi connectivity index (χ1v) is 5.49. The van der Waals surface area contributed by atoms with Crippen LogP contribution in [0.3, 0.4) is 0 Å². The van der Waals surface area contributed by atoms with Crippen LogP contribution in [0.1, 0.15) is 51.9 Å². The van der Waals surface area contributed by atoms with Crippen LogP contribution in [0.15, 0.2) is 0 Å². The summed E-state index contributed by atoms with van der Waals surface area (Å²) in [6.07, 6.45) is 9.68. The molecule has 0 aromatic carbocycles. The van der Waals surface area contributed by atoms with E-state index in [1.807, 2.05) is 0 Å². The molecule has 0 heterocycles. The molecule has 0 amide bonds. The van der Waals surface area contributed by atoms with Gasteiger partial charge in [-0.2, -0.15) is 0 Å². The molecule has 0 aromatic rings. The molecule has 2 N–H and O–H groups in total. The monoisotopic (exact) mass is 167 g/mol. The second-order valence-corrected chi connectivity index (χ2v) is 5.03. The summed E-state index contributed by atoms with van der Waals surface area (Å²) in [4.78, 5) is 0. The minimum Gasteiger partial charge on any atom is -0.325 e. The van der Waals surface area contributed by atoms with Crippen molar-refractivity contribution in [1.82, 2.24) is 0 Å². The highest BCUT2D eigenvalue weighted by Crippen LogP contribution is 2.42. The summed E-state index contributed by atoms with van der Waals surface area (Å²) >= 11 is 0. The molecule has 2 unspecified atom stereocenters. The summed E-state index contributed by atoms with van der Waals surface area (Å²) in [5.74, 6) is 1.76. The van der Waals surface area contributed by atoms with Gasteiger partial charge >= 0.3 is 0 Å². The second kappa shape index (κ2) is 3.02. The van der Waals surface area contributed by atoms with Crippen molar-refractivity contribution in [2.24, 2.45) is 17.6 Å². The summed E-state index contributed by atoms with van der Waals surface area (Å²) in [5.41, 5.74) is 6.64. The summed E-state index contributed by atoms with van der Waals surface area (Å²) in [7, 11) is 0. The lowest BCUT2D eigenvalue weighted by Crippen LogP contribution is -2.44. The number of rotatable bonds is 2. The van der Waals surface area contributed by atoms with E-state index in [2.05, 4.69) is 6.92 Å². The van der Waals surface area contributed by atoms with Crippen molar-refractivity contribution < 1.29 is 0 Å². The van der Waals surface area contributed by atoms with Crippen LogP contribution in [0.5, 0.6) is 0 Å². The number of hydrogen-bond donors (Lipinski definition) is 1. The van der Waals surface area contributed by atoms with Crippen molar-refractivity contribution in [2.45, 2.75) is 57.4 Å². The van der Waals surface area contributed by atoms with Crippen LogP contribution in [-0.2, 0) is 0 Å². The lowest BCUT2D eigenvalue weighted by atomic mass is 9.73. The van der Waals surface area contributed by atoms with Crippen LogP contribution < -0.4 is 5.73 Å². The quantitative estimate of drug-likeness (QED) is 0.672. The molecule has 2 aliphatic carbocycles. The zero-order valence-electron chi connectivity index (χ0n) is 8.18. The average Bonchev–Trinajstić information content (AvgIpc) is 2.26. The van der Waals surface area contributed by atoms with E-state index in [1.165, 1.54) is 44.9 Å². The van der Waals surface area contributed by atoms with Gasteiger partial charge in [-0.3, -0.25) is 0 Å². The molecule has 1 heteroatoms. The molecule has 70 valence electrons. The first-order chi connectivity index (χ1) is 5.71. The van der Waals surface area contributed by atoms with Gasteiger partial charge in [-0.05, 0) is 31.1 Å². The summed E-state index contributed by atoms with van der Waals surface area (Å²) in [5, 5.41) is 0. The minimum atomic E-state index is 0.227. The van der Waals surface area contributed by atoms with Gasteiger partial charge in [0.25, 0.3) is 0 Å².